The van der Waals surface area contributed by atoms with E-state index < -0.39 is 0 Å². The van der Waals surface area contributed by atoms with Crippen molar-refractivity contribution in [2.45, 2.75) is 37.9 Å². The van der Waals surface area contributed by atoms with Gasteiger partial charge in [-0.15, -0.1) is 0 Å². The third kappa shape index (κ3) is 1.95. The lowest BCUT2D eigenvalue weighted by Gasteiger charge is -2.28. The topological polar surface area (TPSA) is 17.1 Å². The largest absolute Gasteiger partial charge is 0.298 e. The van der Waals surface area contributed by atoms with E-state index in [-0.39, 0.29) is 10.2 Å². The molecule has 1 fully saturated rings. The molecule has 0 aliphatic heterocycles. The lowest BCUT2D eigenvalue weighted by molar-refractivity contribution is -0.117. The highest BCUT2D eigenvalue weighted by molar-refractivity contribution is 9.10. The smallest absolute Gasteiger partial charge is 0.147 e. The van der Waals surface area contributed by atoms with Gasteiger partial charge in [-0.3, -0.25) is 4.79 Å². The average Bonchev–Trinajstić information content (AvgIpc) is 2.39. The van der Waals surface area contributed by atoms with Crippen LogP contribution in [0, 0.1) is 12.3 Å². The maximum absolute atomic E-state index is 11.8. The summed E-state index contributed by atoms with van der Waals surface area (Å²) in [5.41, 5.74) is 2.58. The summed E-state index contributed by atoms with van der Waals surface area (Å²) >= 11 is 3.55. The molecule has 0 radical (unpaired) electrons. The fourth-order valence-electron chi connectivity index (χ4n) is 2.63. The highest BCUT2D eigenvalue weighted by Gasteiger charge is 2.46. The Morgan fingerprint density at radius 2 is 1.81 bits per heavy atom. The van der Waals surface area contributed by atoms with Crippen LogP contribution in [0.5, 0.6) is 0 Å². The number of halogens is 1. The number of ketones is 1. The van der Waals surface area contributed by atoms with E-state index in [1.54, 1.807) is 0 Å². The molecule has 0 spiro atoms. The molecule has 1 aliphatic rings. The van der Waals surface area contributed by atoms with Crippen LogP contribution in [0.15, 0.2) is 24.3 Å². The van der Waals surface area contributed by atoms with Crippen molar-refractivity contribution in [3.63, 3.8) is 0 Å². The molecular weight excluding hydrogens is 264 g/mol. The number of carbonyl (C=O) groups is 1. The number of hydrogen-bond acceptors (Lipinski definition) is 1. The molecule has 1 aliphatic carbocycles. The molecule has 86 valence electrons. The maximum Gasteiger partial charge on any atom is 0.147 e. The fraction of sp³-hybridized carbons (Fsp3) is 0.500. The van der Waals surface area contributed by atoms with Gasteiger partial charge in [-0.05, 0) is 17.9 Å². The fourth-order valence-corrected chi connectivity index (χ4v) is 3.82. The first-order chi connectivity index (χ1) is 7.42. The molecule has 1 nitrogen and oxygen atoms in total. The van der Waals surface area contributed by atoms with Crippen molar-refractivity contribution in [1.82, 2.24) is 0 Å². The van der Waals surface area contributed by atoms with E-state index in [9.17, 15) is 4.79 Å². The predicted octanol–water partition coefficient (Wildman–Crippen LogP) is 3.84. The highest BCUT2D eigenvalue weighted by Crippen LogP contribution is 2.50. The van der Waals surface area contributed by atoms with Crippen LogP contribution in [0.4, 0.5) is 0 Å². The predicted molar refractivity (Wildman–Crippen MR) is 70.0 cm³/mol. The Balaban J connectivity index is 2.39. The lowest BCUT2D eigenvalue weighted by atomic mass is 9.78. The SMILES string of the molecule is Cc1ccc(C2C(Br)C(=O)CC2(C)C)cc1. The van der Waals surface area contributed by atoms with E-state index in [4.69, 9.17) is 0 Å². The van der Waals surface area contributed by atoms with Crippen molar-refractivity contribution in [3.8, 4) is 0 Å². The molecule has 16 heavy (non-hydrogen) atoms. The van der Waals surface area contributed by atoms with E-state index in [0.717, 1.165) is 0 Å². The van der Waals surface area contributed by atoms with Crippen molar-refractivity contribution >= 4 is 21.7 Å². The first-order valence-corrected chi connectivity index (χ1v) is 6.57. The minimum Gasteiger partial charge on any atom is -0.298 e. The molecule has 1 aromatic rings. The van der Waals surface area contributed by atoms with Crippen LogP contribution in [0.2, 0.25) is 0 Å². The number of benzene rings is 1. The van der Waals surface area contributed by atoms with Gasteiger partial charge in [0, 0.05) is 12.3 Å². The zero-order valence-corrected chi connectivity index (χ0v) is 11.5. The minimum absolute atomic E-state index is 0.0230. The summed E-state index contributed by atoms with van der Waals surface area (Å²) in [6.07, 6.45) is 0.668. The van der Waals surface area contributed by atoms with E-state index in [2.05, 4.69) is 61.0 Å². The van der Waals surface area contributed by atoms with Crippen LogP contribution >= 0.6 is 15.9 Å². The second kappa shape index (κ2) is 3.99. The third-order valence-corrected chi connectivity index (χ3v) is 4.55. The summed E-state index contributed by atoms with van der Waals surface area (Å²) in [7, 11) is 0. The Morgan fingerprint density at radius 1 is 1.25 bits per heavy atom. The Kier molecular flexibility index (Phi) is 2.95. The van der Waals surface area contributed by atoms with Gasteiger partial charge in [0.2, 0.25) is 0 Å². The third-order valence-electron chi connectivity index (χ3n) is 3.51. The molecule has 1 saturated carbocycles. The summed E-state index contributed by atoms with van der Waals surface area (Å²) in [5.74, 6) is 0.621. The molecule has 1 aromatic carbocycles. The summed E-state index contributed by atoms with van der Waals surface area (Å²) < 4.78 is 0. The Morgan fingerprint density at radius 3 is 2.25 bits per heavy atom. The zero-order chi connectivity index (χ0) is 11.9. The zero-order valence-electron chi connectivity index (χ0n) is 9.96. The molecule has 0 bridgehead atoms. The standard InChI is InChI=1S/C14H17BrO/c1-9-4-6-10(7-5-9)12-13(15)11(16)8-14(12,2)3/h4-7,12-13H,8H2,1-3H3. The molecule has 0 saturated heterocycles. The summed E-state index contributed by atoms with van der Waals surface area (Å²) in [6, 6.07) is 8.53. The van der Waals surface area contributed by atoms with Crippen molar-refractivity contribution in [2.75, 3.05) is 0 Å². The van der Waals surface area contributed by atoms with Crippen LogP contribution < -0.4 is 0 Å². The maximum atomic E-state index is 11.8. The van der Waals surface area contributed by atoms with Crippen LogP contribution in [-0.2, 0) is 4.79 Å². The first kappa shape index (κ1) is 11.8. The summed E-state index contributed by atoms with van der Waals surface area (Å²) in [6.45, 7) is 6.44. The molecule has 0 amide bonds. The van der Waals surface area contributed by atoms with Crippen molar-refractivity contribution in [2.24, 2.45) is 5.41 Å². The molecular formula is C14H17BrO. The van der Waals surface area contributed by atoms with Crippen molar-refractivity contribution in [1.29, 1.82) is 0 Å². The molecule has 0 heterocycles. The summed E-state index contributed by atoms with van der Waals surface area (Å²) in [4.78, 5) is 11.8. The van der Waals surface area contributed by atoms with E-state index in [1.165, 1.54) is 11.1 Å². The van der Waals surface area contributed by atoms with Crippen molar-refractivity contribution < 1.29 is 4.79 Å². The lowest BCUT2D eigenvalue weighted by Crippen LogP contribution is -2.20. The van der Waals surface area contributed by atoms with Gasteiger partial charge >= 0.3 is 0 Å². The van der Waals surface area contributed by atoms with Crippen LogP contribution in [0.25, 0.3) is 0 Å². The first-order valence-electron chi connectivity index (χ1n) is 5.65. The Labute approximate surface area is 105 Å². The van der Waals surface area contributed by atoms with E-state index >= 15 is 0 Å². The van der Waals surface area contributed by atoms with Gasteiger partial charge in [-0.1, -0.05) is 59.6 Å². The number of hydrogen-bond donors (Lipinski definition) is 0. The molecule has 2 atom stereocenters. The van der Waals surface area contributed by atoms with Gasteiger partial charge in [0.25, 0.3) is 0 Å². The number of aryl methyl sites for hydroxylation is 1. The molecule has 2 heteroatoms. The highest BCUT2D eigenvalue weighted by atomic mass is 79.9. The van der Waals surface area contributed by atoms with E-state index in [0.29, 0.717) is 18.1 Å². The van der Waals surface area contributed by atoms with Gasteiger partial charge < -0.3 is 0 Å². The summed E-state index contributed by atoms with van der Waals surface area (Å²) in [5, 5.41) is 0. The Bertz CT molecular complexity index is 405. The number of rotatable bonds is 1. The molecule has 0 N–H and O–H groups in total. The van der Waals surface area contributed by atoms with E-state index in [1.807, 2.05) is 0 Å². The second-order valence-corrected chi connectivity index (χ2v) is 6.41. The quantitative estimate of drug-likeness (QED) is 0.715. The van der Waals surface area contributed by atoms with Gasteiger partial charge in [0.15, 0.2) is 0 Å². The van der Waals surface area contributed by atoms with Crippen LogP contribution in [-0.4, -0.2) is 10.6 Å². The van der Waals surface area contributed by atoms with Crippen molar-refractivity contribution in [3.05, 3.63) is 35.4 Å². The van der Waals surface area contributed by atoms with Crippen LogP contribution in [0.1, 0.15) is 37.3 Å². The number of Topliss-reactive ketones (excluding diaryl/α,β-unsaturated/α-hetero) is 1. The van der Waals surface area contributed by atoms with Gasteiger partial charge in [0.05, 0.1) is 4.83 Å². The number of carbonyl (C=O) groups excluding carboxylic acids is 1. The monoisotopic (exact) mass is 280 g/mol. The van der Waals surface area contributed by atoms with Gasteiger partial charge in [-0.2, -0.15) is 0 Å². The molecule has 2 unspecified atom stereocenters. The minimum atomic E-state index is -0.0230. The average molecular weight is 281 g/mol. The van der Waals surface area contributed by atoms with Crippen LogP contribution in [0.3, 0.4) is 0 Å². The second-order valence-electron chi connectivity index (χ2n) is 5.42. The normalized spacial score (nSPS) is 28.4. The Hall–Kier alpha value is -0.630. The van der Waals surface area contributed by atoms with Gasteiger partial charge in [-0.25, -0.2) is 0 Å². The van der Waals surface area contributed by atoms with Gasteiger partial charge in [0.1, 0.15) is 5.78 Å². The molecule has 2 rings (SSSR count). The number of alkyl halides is 1. The molecule has 0 aromatic heterocycles.